The highest BCUT2D eigenvalue weighted by Gasteiger charge is 2.14. The van der Waals surface area contributed by atoms with Crippen molar-refractivity contribution in [3.05, 3.63) is 53.1 Å². The SMILES string of the molecule is [3H]B(O)SCc1c(CNC(=O)Nc2ccc(F)cc2)cnc(C)c1SB([3H])O. The van der Waals surface area contributed by atoms with Gasteiger partial charge in [-0.05, 0) is 42.3 Å². The second-order valence-electron chi connectivity index (χ2n) is 5.13. The molecule has 0 saturated carbocycles. The average molecular weight is 397 g/mol. The average Bonchev–Trinajstić information content (AvgIpc) is 2.62. The van der Waals surface area contributed by atoms with Crippen LogP contribution in [0.3, 0.4) is 0 Å². The largest absolute Gasteiger partial charge is 0.444 e. The summed E-state index contributed by atoms with van der Waals surface area (Å²) in [5.74, 6) is -0.156. The van der Waals surface area contributed by atoms with E-state index < -0.39 is 25.3 Å². The van der Waals surface area contributed by atoms with Crippen LogP contribution < -0.4 is 10.6 Å². The number of benzene rings is 1. The number of nitrogens with one attached hydrogen (secondary N) is 2. The van der Waals surface area contributed by atoms with Crippen LogP contribution >= 0.6 is 23.2 Å². The minimum atomic E-state index is -1.41. The Kier molecular flexibility index (Phi) is 7.13. The highest BCUT2D eigenvalue weighted by Crippen LogP contribution is 2.29. The van der Waals surface area contributed by atoms with Crippen LogP contribution in [-0.4, -0.2) is 37.2 Å². The number of carbonyl (C=O) groups is 1. The molecule has 0 atom stereocenters. The first-order valence-electron chi connectivity index (χ1n) is 8.68. The Bertz CT molecular complexity index is 820. The van der Waals surface area contributed by atoms with Crippen LogP contribution in [0, 0.1) is 12.7 Å². The van der Waals surface area contributed by atoms with Crippen LogP contribution in [0.5, 0.6) is 0 Å². The Balaban J connectivity index is 2.13. The zero-order chi connectivity index (χ0) is 20.7. The minimum Gasteiger partial charge on any atom is -0.444 e. The van der Waals surface area contributed by atoms with Crippen molar-refractivity contribution in [1.29, 1.82) is 2.67 Å². The maximum absolute atomic E-state index is 12.9. The van der Waals surface area contributed by atoms with Crippen molar-refractivity contribution in [1.82, 2.24) is 10.3 Å². The van der Waals surface area contributed by atoms with Crippen molar-refractivity contribution in [3.8, 4) is 0 Å². The minimum absolute atomic E-state index is 0.103. The summed E-state index contributed by atoms with van der Waals surface area (Å²) in [6.45, 7) is -0.912. The van der Waals surface area contributed by atoms with Gasteiger partial charge in [-0.15, -0.1) is 11.6 Å². The lowest BCUT2D eigenvalue weighted by Crippen LogP contribution is -2.28. The van der Waals surface area contributed by atoms with E-state index in [0.717, 1.165) is 23.2 Å². The van der Waals surface area contributed by atoms with Gasteiger partial charge in [0.05, 0.1) is 5.69 Å². The number of hydrogen-bond acceptors (Lipinski definition) is 6. The normalized spacial score (nSPS) is 11.4. The number of hydrogen-bond donors (Lipinski definition) is 4. The van der Waals surface area contributed by atoms with Crippen LogP contribution in [0.25, 0.3) is 0 Å². The number of pyridine rings is 1. The van der Waals surface area contributed by atoms with Crippen LogP contribution in [-0.2, 0) is 12.3 Å². The molecule has 0 unspecified atom stereocenters. The van der Waals surface area contributed by atoms with Crippen molar-refractivity contribution in [2.45, 2.75) is 24.1 Å². The van der Waals surface area contributed by atoms with Gasteiger partial charge in [-0.2, -0.15) is 11.6 Å². The third kappa shape index (κ3) is 5.94. The quantitative estimate of drug-likeness (QED) is 0.507. The fourth-order valence-electron chi connectivity index (χ4n) is 2.20. The number of carbonyl (C=O) groups excluding carboxylic acids is 1. The number of halogens is 1. The Hall–Kier alpha value is -1.68. The van der Waals surface area contributed by atoms with E-state index in [1.807, 2.05) is 0 Å². The first kappa shape index (κ1) is 17.7. The molecule has 0 bridgehead atoms. The summed E-state index contributed by atoms with van der Waals surface area (Å²) in [4.78, 5) is 16.9. The fraction of sp³-hybridized carbons (Fsp3) is 0.200. The molecule has 2 amide bonds. The zero-order valence-electron chi connectivity index (χ0n) is 15.9. The molecule has 0 radical (unpaired) electrons. The number of urea groups is 1. The Labute approximate surface area is 163 Å². The first-order chi connectivity index (χ1) is 13.3. The Morgan fingerprint density at radius 3 is 2.73 bits per heavy atom. The zero-order valence-corrected chi connectivity index (χ0v) is 15.5. The number of aryl methyl sites for hydroxylation is 1. The lowest BCUT2D eigenvalue weighted by atomic mass is 10.1. The predicted molar refractivity (Wildman–Crippen MR) is 107 cm³/mol. The van der Waals surface area contributed by atoms with E-state index in [-0.39, 0.29) is 12.3 Å². The highest BCUT2D eigenvalue weighted by atomic mass is 32.2. The van der Waals surface area contributed by atoms with Gasteiger partial charge in [0.15, 0.2) is 0 Å². The van der Waals surface area contributed by atoms with E-state index in [1.54, 1.807) is 13.1 Å². The standard InChI is InChI=1S/C15H18B2FN3O3S2/c1-9-14(26-17-24)13(8-25-16-23)10(6-19-9)7-20-15(22)21-12-4-2-11(18)3-5-12/h2-6,16-17,23-24H,7-8H2,1H3,(H2,20,21,22)/i16T,17T. The molecule has 0 saturated heterocycles. The molecule has 0 aliphatic rings. The maximum Gasteiger partial charge on any atom is 0.344 e. The van der Waals surface area contributed by atoms with Crippen LogP contribution in [0.15, 0.2) is 35.4 Å². The number of nitrogens with zero attached hydrogens (tertiary/aromatic N) is 1. The van der Waals surface area contributed by atoms with Gasteiger partial charge < -0.3 is 20.7 Å². The summed E-state index contributed by atoms with van der Waals surface area (Å²) in [5, 5.41) is 23.9. The van der Waals surface area contributed by atoms with E-state index in [4.69, 9.17) is 2.67 Å². The van der Waals surface area contributed by atoms with Gasteiger partial charge in [0.1, 0.15) is 5.82 Å². The monoisotopic (exact) mass is 397 g/mol. The van der Waals surface area contributed by atoms with Gasteiger partial charge in [-0.1, -0.05) is 0 Å². The van der Waals surface area contributed by atoms with E-state index in [2.05, 4.69) is 15.6 Å². The smallest absolute Gasteiger partial charge is 0.344 e. The number of aromatic nitrogens is 1. The predicted octanol–water partition coefficient (Wildman–Crippen LogP) is 1.69. The van der Waals surface area contributed by atoms with E-state index in [1.165, 1.54) is 24.3 Å². The summed E-state index contributed by atoms with van der Waals surface area (Å²) in [6, 6.07) is 4.84. The molecule has 11 heteroatoms. The number of amides is 2. The molecule has 0 fully saturated rings. The van der Waals surface area contributed by atoms with Gasteiger partial charge in [0.25, 0.3) is 0 Å². The molecule has 0 aliphatic carbocycles. The molecular formula is C15H18B2FN3O3S2. The first-order valence-corrected chi connectivity index (χ1v) is 9.45. The molecule has 1 heterocycles. The summed E-state index contributed by atoms with van der Waals surface area (Å²) >= 11 is 1.86. The van der Waals surface area contributed by atoms with Crippen molar-refractivity contribution in [2.75, 3.05) is 5.32 Å². The van der Waals surface area contributed by atoms with E-state index >= 15 is 0 Å². The highest BCUT2D eigenvalue weighted by molar-refractivity contribution is 8.22. The second kappa shape index (κ2) is 10.5. The van der Waals surface area contributed by atoms with Gasteiger partial charge in [0, 0.05) is 31.7 Å². The van der Waals surface area contributed by atoms with Crippen LogP contribution in [0.4, 0.5) is 14.9 Å². The van der Waals surface area contributed by atoms with E-state index in [9.17, 15) is 19.2 Å². The Morgan fingerprint density at radius 2 is 2.08 bits per heavy atom. The van der Waals surface area contributed by atoms with Crippen LogP contribution in [0.1, 0.15) is 16.8 Å². The summed E-state index contributed by atoms with van der Waals surface area (Å²) in [6.07, 6.45) is 1.57. The molecular weight excluding hydrogens is 375 g/mol. The summed E-state index contributed by atoms with van der Waals surface area (Å²) in [5.41, 5.74) is 2.35. The lowest BCUT2D eigenvalue weighted by molar-refractivity contribution is 0.251. The molecule has 0 spiro atoms. The molecule has 4 N–H and O–H groups in total. The molecule has 6 nitrogen and oxygen atoms in total. The van der Waals surface area contributed by atoms with Crippen molar-refractivity contribution in [3.63, 3.8) is 0 Å². The van der Waals surface area contributed by atoms with Gasteiger partial charge >= 0.3 is 19.5 Å². The summed E-state index contributed by atoms with van der Waals surface area (Å²) in [7, 11) is 0. The molecule has 2 rings (SSSR count). The maximum atomic E-state index is 12.9. The molecule has 1 aromatic heterocycles. The fourth-order valence-corrected chi connectivity index (χ4v) is 3.54. The van der Waals surface area contributed by atoms with Crippen molar-refractivity contribution in [2.24, 2.45) is 0 Å². The molecule has 26 heavy (non-hydrogen) atoms. The number of anilines is 1. The van der Waals surface area contributed by atoms with Gasteiger partial charge in [-0.3, -0.25) is 4.98 Å². The molecule has 136 valence electrons. The van der Waals surface area contributed by atoms with Crippen molar-refractivity contribution < 1.29 is 19.2 Å². The van der Waals surface area contributed by atoms with Crippen LogP contribution in [0.2, 0.25) is 0 Å². The Morgan fingerprint density at radius 1 is 1.35 bits per heavy atom. The second-order valence-corrected chi connectivity index (χ2v) is 6.82. The van der Waals surface area contributed by atoms with Gasteiger partial charge in [-0.25, -0.2) is 9.18 Å². The molecule has 0 aliphatic heterocycles. The van der Waals surface area contributed by atoms with E-state index in [0.29, 0.717) is 27.4 Å². The molecule has 2 aromatic rings. The summed E-state index contributed by atoms with van der Waals surface area (Å²) < 4.78 is 27.6. The third-order valence-corrected chi connectivity index (χ3v) is 4.91. The molecule has 1 aromatic carbocycles. The topological polar surface area (TPSA) is 94.5 Å². The van der Waals surface area contributed by atoms with Crippen molar-refractivity contribution >= 4 is 48.4 Å². The van der Waals surface area contributed by atoms with Gasteiger partial charge in [0.2, 0.25) is 0 Å². The third-order valence-electron chi connectivity index (χ3n) is 3.42. The lowest BCUT2D eigenvalue weighted by Gasteiger charge is -2.16. The number of rotatable bonds is 8.